The molecule has 0 unspecified atom stereocenters. The van der Waals surface area contributed by atoms with Crippen molar-refractivity contribution >= 4 is 0 Å². The molecule has 3 heteroatoms. The lowest BCUT2D eigenvalue weighted by molar-refractivity contribution is 0.385. The fraction of sp³-hybridized carbons (Fsp3) is 0.500. The van der Waals surface area contributed by atoms with Crippen LogP contribution in [0.2, 0.25) is 0 Å². The summed E-state index contributed by atoms with van der Waals surface area (Å²) in [6, 6.07) is 1.38. The average Bonchev–Trinajstić information content (AvgIpc) is 2.21. The molecule has 84 valence electrons. The minimum atomic E-state index is 0.0737. The van der Waals surface area contributed by atoms with Crippen molar-refractivity contribution < 1.29 is 14.9 Å². The number of rotatable bonds is 4. The molecule has 3 nitrogen and oxygen atoms in total. The third-order valence-electron chi connectivity index (χ3n) is 2.57. The van der Waals surface area contributed by atoms with Crippen molar-refractivity contribution in [3.63, 3.8) is 0 Å². The van der Waals surface area contributed by atoms with Gasteiger partial charge in [-0.2, -0.15) is 0 Å². The second-order valence-electron chi connectivity index (χ2n) is 3.66. The fourth-order valence-electron chi connectivity index (χ4n) is 1.66. The molecule has 0 amide bonds. The van der Waals surface area contributed by atoms with Crippen molar-refractivity contribution in [1.29, 1.82) is 0 Å². The van der Waals surface area contributed by atoms with Crippen LogP contribution in [0.4, 0.5) is 0 Å². The van der Waals surface area contributed by atoms with E-state index in [-0.39, 0.29) is 11.5 Å². The normalized spacial score (nSPS) is 10.3. The van der Waals surface area contributed by atoms with Gasteiger partial charge in [-0.05, 0) is 19.8 Å². The Hall–Kier alpha value is -1.38. The van der Waals surface area contributed by atoms with Gasteiger partial charge in [0.25, 0.3) is 0 Å². The summed E-state index contributed by atoms with van der Waals surface area (Å²) in [6.07, 6.45) is 2.82. The molecule has 0 bridgehead atoms. The maximum atomic E-state index is 9.71. The highest BCUT2D eigenvalue weighted by Crippen LogP contribution is 2.38. The first-order chi connectivity index (χ1) is 7.11. The van der Waals surface area contributed by atoms with Crippen molar-refractivity contribution in [2.45, 2.75) is 33.1 Å². The molecule has 0 aromatic heterocycles. The van der Waals surface area contributed by atoms with Gasteiger partial charge in [0, 0.05) is 17.2 Å². The molecule has 0 aliphatic carbocycles. The number of phenolic OH excluding ortho intramolecular Hbond substituents is 2. The van der Waals surface area contributed by atoms with E-state index in [1.807, 2.05) is 0 Å². The number of hydrogen-bond donors (Lipinski definition) is 2. The number of methoxy groups -OCH3 is 1. The van der Waals surface area contributed by atoms with Gasteiger partial charge in [-0.25, -0.2) is 0 Å². The van der Waals surface area contributed by atoms with Gasteiger partial charge in [0.1, 0.15) is 17.2 Å². The van der Waals surface area contributed by atoms with E-state index >= 15 is 0 Å². The molecular formula is C12H18O3. The molecule has 15 heavy (non-hydrogen) atoms. The highest BCUT2D eigenvalue weighted by Gasteiger charge is 2.14. The molecule has 1 rings (SSSR count). The number of phenols is 2. The van der Waals surface area contributed by atoms with Crippen molar-refractivity contribution in [1.82, 2.24) is 0 Å². The molecule has 2 N–H and O–H groups in total. The maximum Gasteiger partial charge on any atom is 0.132 e. The Bertz CT molecular complexity index is 345. The van der Waals surface area contributed by atoms with Crippen LogP contribution in [-0.2, 0) is 6.42 Å². The summed E-state index contributed by atoms with van der Waals surface area (Å²) < 4.78 is 5.21. The summed E-state index contributed by atoms with van der Waals surface area (Å²) >= 11 is 0. The van der Waals surface area contributed by atoms with E-state index < -0.39 is 0 Å². The third-order valence-corrected chi connectivity index (χ3v) is 2.57. The first kappa shape index (κ1) is 11.7. The van der Waals surface area contributed by atoms with E-state index in [0.29, 0.717) is 11.3 Å². The Balaban J connectivity index is 3.16. The molecule has 0 aliphatic rings. The van der Waals surface area contributed by atoms with Gasteiger partial charge in [0.15, 0.2) is 0 Å². The molecule has 0 saturated heterocycles. The summed E-state index contributed by atoms with van der Waals surface area (Å²) in [6.45, 7) is 3.87. The van der Waals surface area contributed by atoms with Gasteiger partial charge in [-0.15, -0.1) is 0 Å². The quantitative estimate of drug-likeness (QED) is 0.803. The van der Waals surface area contributed by atoms with Gasteiger partial charge in [0.05, 0.1) is 7.11 Å². The lowest BCUT2D eigenvalue weighted by atomic mass is 10.0. The van der Waals surface area contributed by atoms with Crippen LogP contribution in [0.25, 0.3) is 0 Å². The fourth-order valence-corrected chi connectivity index (χ4v) is 1.66. The van der Waals surface area contributed by atoms with E-state index in [1.54, 1.807) is 14.0 Å². The number of benzene rings is 1. The SMILES string of the molecule is CCCCc1c(O)cc(O)c(C)c1OC. The van der Waals surface area contributed by atoms with Crippen molar-refractivity contribution in [3.05, 3.63) is 17.2 Å². The van der Waals surface area contributed by atoms with Crippen LogP contribution in [0.1, 0.15) is 30.9 Å². The number of unbranched alkanes of at least 4 members (excludes halogenated alkanes) is 1. The summed E-state index contributed by atoms with van der Waals surface area (Å²) in [4.78, 5) is 0. The van der Waals surface area contributed by atoms with Crippen molar-refractivity contribution in [2.75, 3.05) is 7.11 Å². The Morgan fingerprint density at radius 3 is 2.47 bits per heavy atom. The van der Waals surface area contributed by atoms with E-state index in [2.05, 4.69) is 6.92 Å². The van der Waals surface area contributed by atoms with E-state index in [0.717, 1.165) is 24.8 Å². The van der Waals surface area contributed by atoms with Crippen LogP contribution in [-0.4, -0.2) is 17.3 Å². The largest absolute Gasteiger partial charge is 0.507 e. The number of hydrogen-bond acceptors (Lipinski definition) is 3. The lowest BCUT2D eigenvalue weighted by Crippen LogP contribution is -1.96. The highest BCUT2D eigenvalue weighted by molar-refractivity contribution is 5.55. The van der Waals surface area contributed by atoms with Crippen LogP contribution >= 0.6 is 0 Å². The summed E-state index contributed by atoms with van der Waals surface area (Å²) in [5.41, 5.74) is 1.47. The Morgan fingerprint density at radius 2 is 1.93 bits per heavy atom. The molecule has 0 heterocycles. The maximum absolute atomic E-state index is 9.71. The van der Waals surface area contributed by atoms with Gasteiger partial charge in [-0.3, -0.25) is 0 Å². The van der Waals surface area contributed by atoms with Gasteiger partial charge < -0.3 is 14.9 Å². The zero-order chi connectivity index (χ0) is 11.4. The summed E-state index contributed by atoms with van der Waals surface area (Å²) in [7, 11) is 1.55. The van der Waals surface area contributed by atoms with Gasteiger partial charge in [0.2, 0.25) is 0 Å². The lowest BCUT2D eigenvalue weighted by Gasteiger charge is -2.14. The summed E-state index contributed by atoms with van der Waals surface area (Å²) in [5, 5.41) is 19.2. The molecule has 0 spiro atoms. The molecule has 0 aliphatic heterocycles. The zero-order valence-corrected chi connectivity index (χ0v) is 9.50. The zero-order valence-electron chi connectivity index (χ0n) is 9.50. The predicted octanol–water partition coefficient (Wildman–Crippen LogP) is 2.76. The second-order valence-corrected chi connectivity index (χ2v) is 3.66. The number of ether oxygens (including phenoxy) is 1. The molecular weight excluding hydrogens is 192 g/mol. The second kappa shape index (κ2) is 4.91. The average molecular weight is 210 g/mol. The van der Waals surface area contributed by atoms with Crippen LogP contribution < -0.4 is 4.74 Å². The smallest absolute Gasteiger partial charge is 0.132 e. The molecule has 0 atom stereocenters. The van der Waals surface area contributed by atoms with Crippen molar-refractivity contribution in [2.24, 2.45) is 0 Å². The standard InChI is InChI=1S/C12H18O3/c1-4-5-6-9-11(14)7-10(13)8(2)12(9)15-3/h7,13-14H,4-6H2,1-3H3. The molecule has 0 saturated carbocycles. The Labute approximate surface area is 90.3 Å². The highest BCUT2D eigenvalue weighted by atomic mass is 16.5. The van der Waals surface area contributed by atoms with Crippen LogP contribution in [0, 0.1) is 6.92 Å². The summed E-state index contributed by atoms with van der Waals surface area (Å²) in [5.74, 6) is 0.786. The van der Waals surface area contributed by atoms with E-state index in [4.69, 9.17) is 4.74 Å². The molecule has 1 aromatic rings. The van der Waals surface area contributed by atoms with Gasteiger partial charge in [-0.1, -0.05) is 13.3 Å². The first-order valence-electron chi connectivity index (χ1n) is 5.20. The van der Waals surface area contributed by atoms with Crippen LogP contribution in [0.5, 0.6) is 17.2 Å². The van der Waals surface area contributed by atoms with Gasteiger partial charge >= 0.3 is 0 Å². The third kappa shape index (κ3) is 2.35. The Kier molecular flexibility index (Phi) is 3.83. The molecule has 0 fully saturated rings. The van der Waals surface area contributed by atoms with E-state index in [9.17, 15) is 10.2 Å². The van der Waals surface area contributed by atoms with Crippen LogP contribution in [0.3, 0.4) is 0 Å². The topological polar surface area (TPSA) is 49.7 Å². The first-order valence-corrected chi connectivity index (χ1v) is 5.20. The minimum Gasteiger partial charge on any atom is -0.507 e. The molecule has 0 radical (unpaired) electrons. The van der Waals surface area contributed by atoms with Crippen LogP contribution in [0.15, 0.2) is 6.07 Å². The van der Waals surface area contributed by atoms with E-state index in [1.165, 1.54) is 6.07 Å². The molecule has 1 aromatic carbocycles. The minimum absolute atomic E-state index is 0.0737. The van der Waals surface area contributed by atoms with Crippen molar-refractivity contribution in [3.8, 4) is 17.2 Å². The monoisotopic (exact) mass is 210 g/mol. The Morgan fingerprint density at radius 1 is 1.27 bits per heavy atom. The predicted molar refractivity (Wildman–Crippen MR) is 59.7 cm³/mol. The number of aromatic hydroxyl groups is 2.